The number of hydrogen-bond donors (Lipinski definition) is 0. The van der Waals surface area contributed by atoms with Crippen LogP contribution in [0.3, 0.4) is 0 Å². The van der Waals surface area contributed by atoms with Gasteiger partial charge in [-0.1, -0.05) is 35.9 Å². The number of fused-ring (bicyclic) bond motifs is 1. The van der Waals surface area contributed by atoms with Crippen LogP contribution in [-0.2, 0) is 0 Å². The van der Waals surface area contributed by atoms with Crippen molar-refractivity contribution in [3.05, 3.63) is 101 Å². The van der Waals surface area contributed by atoms with Gasteiger partial charge in [0.25, 0.3) is 17.7 Å². The van der Waals surface area contributed by atoms with Crippen LogP contribution in [0.1, 0.15) is 36.6 Å². The normalized spacial score (nSPS) is 12.8. The third kappa shape index (κ3) is 3.59. The Labute approximate surface area is 173 Å². The first-order valence-electron chi connectivity index (χ1n) is 9.55. The number of imide groups is 1. The quantitative estimate of drug-likeness (QED) is 0.605. The molecule has 0 fully saturated rings. The molecule has 0 unspecified atom stereocenters. The first-order valence-corrected chi connectivity index (χ1v) is 9.55. The molecule has 5 nitrogen and oxygen atoms in total. The van der Waals surface area contributed by atoms with Gasteiger partial charge in [-0.2, -0.15) is 0 Å². The van der Waals surface area contributed by atoms with E-state index in [-0.39, 0.29) is 19.0 Å². The van der Waals surface area contributed by atoms with Crippen molar-refractivity contribution in [2.75, 3.05) is 18.0 Å². The summed E-state index contributed by atoms with van der Waals surface area (Å²) in [6.45, 7) is 1.92. The van der Waals surface area contributed by atoms with Crippen LogP contribution in [0.4, 0.5) is 10.1 Å². The number of hydrogen-bond acceptors (Lipinski definition) is 3. The summed E-state index contributed by atoms with van der Waals surface area (Å²) in [5.74, 6) is -1.59. The van der Waals surface area contributed by atoms with E-state index in [2.05, 4.69) is 0 Å². The van der Waals surface area contributed by atoms with E-state index in [1.807, 2.05) is 13.0 Å². The number of carbonyl (C=O) groups excluding carboxylic acids is 3. The first kappa shape index (κ1) is 19.5. The molecule has 0 bridgehead atoms. The number of nitrogens with zero attached hydrogens (tertiary/aromatic N) is 2. The van der Waals surface area contributed by atoms with Crippen LogP contribution in [-0.4, -0.2) is 35.7 Å². The number of aryl methyl sites for hydroxylation is 1. The lowest BCUT2D eigenvalue weighted by atomic mass is 10.1. The number of anilines is 1. The average molecular weight is 402 g/mol. The first-order chi connectivity index (χ1) is 14.5. The lowest BCUT2D eigenvalue weighted by Gasteiger charge is -2.25. The van der Waals surface area contributed by atoms with E-state index in [9.17, 15) is 18.8 Å². The van der Waals surface area contributed by atoms with Gasteiger partial charge in [0.05, 0.1) is 11.1 Å². The molecule has 30 heavy (non-hydrogen) atoms. The molecular formula is C24H19FN2O3. The van der Waals surface area contributed by atoms with Crippen LogP contribution >= 0.6 is 0 Å². The molecule has 4 rings (SSSR count). The van der Waals surface area contributed by atoms with E-state index in [0.29, 0.717) is 22.4 Å². The molecule has 6 heteroatoms. The third-order valence-electron chi connectivity index (χ3n) is 5.06. The Hall–Kier alpha value is -3.80. The SMILES string of the molecule is Cc1cccc(C(=O)N(CCN2C(=O)c3ccccc3C2=O)c2cccc(F)c2)c1. The van der Waals surface area contributed by atoms with Gasteiger partial charge in [0.1, 0.15) is 5.82 Å². The number of amides is 3. The highest BCUT2D eigenvalue weighted by Crippen LogP contribution is 2.24. The van der Waals surface area contributed by atoms with Crippen LogP contribution in [0.5, 0.6) is 0 Å². The van der Waals surface area contributed by atoms with Gasteiger partial charge in [-0.05, 0) is 49.4 Å². The standard InChI is InChI=1S/C24H19FN2O3/c1-16-6-4-7-17(14-16)22(28)26(19-9-5-8-18(25)15-19)12-13-27-23(29)20-10-2-3-11-21(20)24(27)30/h2-11,14-15H,12-13H2,1H3. The molecular weight excluding hydrogens is 383 g/mol. The van der Waals surface area contributed by atoms with Crippen molar-refractivity contribution >= 4 is 23.4 Å². The minimum atomic E-state index is -0.477. The maximum Gasteiger partial charge on any atom is 0.261 e. The van der Waals surface area contributed by atoms with E-state index in [1.165, 1.54) is 23.1 Å². The number of benzene rings is 3. The Bertz CT molecular complexity index is 1120. The second-order valence-corrected chi connectivity index (χ2v) is 7.11. The van der Waals surface area contributed by atoms with E-state index in [1.54, 1.807) is 48.5 Å². The van der Waals surface area contributed by atoms with Crippen LogP contribution in [0.25, 0.3) is 0 Å². The lowest BCUT2D eigenvalue weighted by Crippen LogP contribution is -2.41. The predicted molar refractivity (Wildman–Crippen MR) is 111 cm³/mol. The van der Waals surface area contributed by atoms with E-state index in [4.69, 9.17) is 0 Å². The Morgan fingerprint density at radius 2 is 1.57 bits per heavy atom. The average Bonchev–Trinajstić information content (AvgIpc) is 2.99. The summed E-state index contributed by atoms with van der Waals surface area (Å²) in [6, 6.07) is 19.4. The molecule has 0 atom stereocenters. The number of halogens is 1. The molecule has 0 saturated carbocycles. The zero-order valence-electron chi connectivity index (χ0n) is 16.3. The molecule has 0 aromatic heterocycles. The molecule has 1 aliphatic heterocycles. The van der Waals surface area contributed by atoms with Crippen LogP contribution < -0.4 is 4.90 Å². The van der Waals surface area contributed by atoms with Crippen LogP contribution in [0.2, 0.25) is 0 Å². The van der Waals surface area contributed by atoms with Crippen molar-refractivity contribution < 1.29 is 18.8 Å². The topological polar surface area (TPSA) is 57.7 Å². The monoisotopic (exact) mass is 402 g/mol. The molecule has 3 amide bonds. The molecule has 1 aliphatic rings. The second-order valence-electron chi connectivity index (χ2n) is 7.11. The fourth-order valence-corrected chi connectivity index (χ4v) is 3.57. The summed E-state index contributed by atoms with van der Waals surface area (Å²) in [5.41, 5.74) is 2.43. The predicted octanol–water partition coefficient (Wildman–Crippen LogP) is 4.08. The van der Waals surface area contributed by atoms with Gasteiger partial charge in [0.2, 0.25) is 0 Å². The molecule has 1 heterocycles. The van der Waals surface area contributed by atoms with Crippen molar-refractivity contribution in [2.24, 2.45) is 0 Å². The Morgan fingerprint density at radius 3 is 2.20 bits per heavy atom. The summed E-state index contributed by atoms with van der Waals surface area (Å²) >= 11 is 0. The fraction of sp³-hybridized carbons (Fsp3) is 0.125. The zero-order chi connectivity index (χ0) is 21.3. The maximum atomic E-state index is 13.8. The van der Waals surface area contributed by atoms with E-state index >= 15 is 0 Å². The molecule has 0 aliphatic carbocycles. The summed E-state index contributed by atoms with van der Waals surface area (Å²) in [5, 5.41) is 0. The van der Waals surface area contributed by atoms with Gasteiger partial charge in [0, 0.05) is 24.3 Å². The molecule has 3 aromatic rings. The molecule has 0 radical (unpaired) electrons. The lowest BCUT2D eigenvalue weighted by molar-refractivity contribution is 0.0654. The Balaban J connectivity index is 1.62. The molecule has 0 spiro atoms. The Morgan fingerprint density at radius 1 is 0.900 bits per heavy atom. The van der Waals surface area contributed by atoms with Crippen molar-refractivity contribution in [2.45, 2.75) is 6.92 Å². The number of rotatable bonds is 5. The minimum Gasteiger partial charge on any atom is -0.306 e. The van der Waals surface area contributed by atoms with Crippen LogP contribution in [0.15, 0.2) is 72.8 Å². The molecule has 150 valence electrons. The molecule has 3 aromatic carbocycles. The van der Waals surface area contributed by atoms with Gasteiger partial charge in [-0.3, -0.25) is 19.3 Å². The van der Waals surface area contributed by atoms with Gasteiger partial charge in [-0.25, -0.2) is 4.39 Å². The largest absolute Gasteiger partial charge is 0.306 e. The highest BCUT2D eigenvalue weighted by molar-refractivity contribution is 6.21. The minimum absolute atomic E-state index is 0.000412. The summed E-state index contributed by atoms with van der Waals surface area (Å²) in [4.78, 5) is 41.0. The number of carbonyl (C=O) groups is 3. The smallest absolute Gasteiger partial charge is 0.261 e. The van der Waals surface area contributed by atoms with E-state index in [0.717, 1.165) is 10.5 Å². The van der Waals surface area contributed by atoms with Crippen molar-refractivity contribution in [3.8, 4) is 0 Å². The van der Waals surface area contributed by atoms with E-state index < -0.39 is 17.6 Å². The summed E-state index contributed by atoms with van der Waals surface area (Å²) in [7, 11) is 0. The van der Waals surface area contributed by atoms with Crippen LogP contribution in [0, 0.1) is 12.7 Å². The zero-order valence-corrected chi connectivity index (χ0v) is 16.3. The third-order valence-corrected chi connectivity index (χ3v) is 5.06. The summed E-state index contributed by atoms with van der Waals surface area (Å²) < 4.78 is 13.8. The summed E-state index contributed by atoms with van der Waals surface area (Å²) in [6.07, 6.45) is 0. The van der Waals surface area contributed by atoms with Crippen molar-refractivity contribution in [3.63, 3.8) is 0 Å². The van der Waals surface area contributed by atoms with Gasteiger partial charge in [0.15, 0.2) is 0 Å². The molecule has 0 N–H and O–H groups in total. The highest BCUT2D eigenvalue weighted by atomic mass is 19.1. The maximum absolute atomic E-state index is 13.8. The molecule has 0 saturated heterocycles. The van der Waals surface area contributed by atoms with Gasteiger partial charge < -0.3 is 4.90 Å². The fourth-order valence-electron chi connectivity index (χ4n) is 3.57. The highest BCUT2D eigenvalue weighted by Gasteiger charge is 2.35. The Kier molecular flexibility index (Phi) is 5.14. The van der Waals surface area contributed by atoms with Crippen molar-refractivity contribution in [1.29, 1.82) is 0 Å². The van der Waals surface area contributed by atoms with Gasteiger partial charge >= 0.3 is 0 Å². The van der Waals surface area contributed by atoms with Gasteiger partial charge in [-0.15, -0.1) is 0 Å². The second kappa shape index (κ2) is 7.91. The van der Waals surface area contributed by atoms with Crippen molar-refractivity contribution in [1.82, 2.24) is 4.90 Å².